The molecule has 0 saturated heterocycles. The van der Waals surface area contributed by atoms with Gasteiger partial charge >= 0.3 is 0 Å². The molecule has 3 atom stereocenters. The summed E-state index contributed by atoms with van der Waals surface area (Å²) in [4.78, 5) is 17.0. The highest BCUT2D eigenvalue weighted by molar-refractivity contribution is 7.09. The Morgan fingerprint density at radius 1 is 1.45 bits per heavy atom. The highest BCUT2D eigenvalue weighted by Crippen LogP contribution is 2.42. The van der Waals surface area contributed by atoms with Crippen LogP contribution in [0.3, 0.4) is 0 Å². The van der Waals surface area contributed by atoms with Gasteiger partial charge in [-0.2, -0.15) is 0 Å². The fourth-order valence-corrected chi connectivity index (χ4v) is 4.00. The molecule has 0 spiro atoms. The number of hydrogen-bond acceptors (Lipinski definition) is 4. The van der Waals surface area contributed by atoms with Crippen molar-refractivity contribution < 1.29 is 4.79 Å². The van der Waals surface area contributed by atoms with E-state index in [2.05, 4.69) is 15.7 Å². The van der Waals surface area contributed by atoms with Crippen molar-refractivity contribution >= 4 is 17.2 Å². The van der Waals surface area contributed by atoms with Crippen LogP contribution < -0.4 is 11.1 Å². The molecule has 3 unspecified atom stereocenters. The van der Waals surface area contributed by atoms with Gasteiger partial charge in [0.2, 0.25) is 5.91 Å². The Morgan fingerprint density at radius 3 is 2.85 bits per heavy atom. The van der Waals surface area contributed by atoms with Gasteiger partial charge in [-0.15, -0.1) is 11.3 Å². The number of amides is 1. The molecule has 5 heteroatoms. The lowest BCUT2D eigenvalue weighted by molar-refractivity contribution is -0.127. The van der Waals surface area contributed by atoms with Gasteiger partial charge in [0.25, 0.3) is 0 Å². The summed E-state index contributed by atoms with van der Waals surface area (Å²) >= 11 is 1.66. The van der Waals surface area contributed by atoms with Crippen LogP contribution in [0.15, 0.2) is 5.38 Å². The summed E-state index contributed by atoms with van der Waals surface area (Å²) in [6.07, 6.45) is 6.35. The average molecular weight is 293 g/mol. The number of carbonyl (C=O) groups is 1. The highest BCUT2D eigenvalue weighted by atomic mass is 32.1. The Morgan fingerprint density at radius 2 is 2.25 bits per heavy atom. The molecule has 2 aliphatic carbocycles. The van der Waals surface area contributed by atoms with Crippen molar-refractivity contribution in [1.29, 1.82) is 0 Å². The quantitative estimate of drug-likeness (QED) is 0.896. The molecule has 2 fully saturated rings. The van der Waals surface area contributed by atoms with E-state index in [0.717, 1.165) is 36.4 Å². The molecule has 0 aliphatic heterocycles. The molecule has 0 aromatic carbocycles. The van der Waals surface area contributed by atoms with Crippen molar-refractivity contribution in [3.05, 3.63) is 16.1 Å². The molecule has 2 saturated carbocycles. The van der Waals surface area contributed by atoms with Crippen molar-refractivity contribution in [2.45, 2.75) is 57.5 Å². The van der Waals surface area contributed by atoms with Gasteiger partial charge in [-0.25, -0.2) is 4.98 Å². The second kappa shape index (κ2) is 5.82. The van der Waals surface area contributed by atoms with Crippen LogP contribution in [0.5, 0.6) is 0 Å². The lowest BCUT2D eigenvalue weighted by atomic mass is 9.85. The molecule has 3 N–H and O–H groups in total. The standard InChI is InChI=1S/C15H23N3OS/c1-9-8-20-15(17-9)13(10-5-6-10)18-14(19)11-3-2-4-12(16)7-11/h8,10-13H,2-7,16H2,1H3,(H,18,19). The molecule has 20 heavy (non-hydrogen) atoms. The zero-order valence-corrected chi connectivity index (χ0v) is 12.8. The van der Waals surface area contributed by atoms with E-state index >= 15 is 0 Å². The molecular formula is C15H23N3OS. The first-order valence-corrected chi connectivity index (χ1v) is 8.49. The minimum atomic E-state index is 0.0982. The zero-order valence-electron chi connectivity index (χ0n) is 12.0. The van der Waals surface area contributed by atoms with Gasteiger partial charge in [0.15, 0.2) is 0 Å². The van der Waals surface area contributed by atoms with Crippen LogP contribution in [0.1, 0.15) is 55.3 Å². The molecule has 1 heterocycles. The topological polar surface area (TPSA) is 68.0 Å². The normalized spacial score (nSPS) is 28.1. The SMILES string of the molecule is Cc1csc(C(NC(=O)C2CCCC(N)C2)C2CC2)n1. The maximum atomic E-state index is 12.5. The van der Waals surface area contributed by atoms with E-state index in [9.17, 15) is 4.79 Å². The minimum Gasteiger partial charge on any atom is -0.346 e. The number of thiazole rings is 1. The molecule has 0 bridgehead atoms. The maximum absolute atomic E-state index is 12.5. The van der Waals surface area contributed by atoms with Gasteiger partial charge in [0.1, 0.15) is 5.01 Å². The Bertz CT molecular complexity index is 483. The average Bonchev–Trinajstić information content (AvgIpc) is 3.18. The van der Waals surface area contributed by atoms with Crippen LogP contribution in [0.2, 0.25) is 0 Å². The van der Waals surface area contributed by atoms with Crippen molar-refractivity contribution in [3.8, 4) is 0 Å². The van der Waals surface area contributed by atoms with Crippen molar-refractivity contribution in [3.63, 3.8) is 0 Å². The molecule has 4 nitrogen and oxygen atoms in total. The van der Waals surface area contributed by atoms with Crippen LogP contribution in [0.4, 0.5) is 0 Å². The van der Waals surface area contributed by atoms with Crippen LogP contribution in [0.25, 0.3) is 0 Å². The zero-order chi connectivity index (χ0) is 14.1. The predicted octanol–water partition coefficient (Wildman–Crippen LogP) is 2.54. The number of carbonyl (C=O) groups excluding carboxylic acids is 1. The molecule has 2 aliphatic rings. The second-order valence-electron chi connectivity index (χ2n) is 6.27. The summed E-state index contributed by atoms with van der Waals surface area (Å²) in [6.45, 7) is 2.01. The Labute approximate surface area is 124 Å². The molecule has 1 amide bonds. The number of rotatable bonds is 4. The fourth-order valence-electron chi connectivity index (χ4n) is 3.06. The first-order chi connectivity index (χ1) is 9.63. The monoisotopic (exact) mass is 293 g/mol. The van der Waals surface area contributed by atoms with E-state index in [1.807, 2.05) is 6.92 Å². The molecule has 3 rings (SSSR count). The predicted molar refractivity (Wildman–Crippen MR) is 80.4 cm³/mol. The largest absolute Gasteiger partial charge is 0.346 e. The van der Waals surface area contributed by atoms with Crippen LogP contribution in [-0.4, -0.2) is 16.9 Å². The van der Waals surface area contributed by atoms with Gasteiger partial charge in [-0.3, -0.25) is 4.79 Å². The summed E-state index contributed by atoms with van der Waals surface area (Å²) in [5, 5.41) is 6.38. The summed E-state index contributed by atoms with van der Waals surface area (Å²) in [5.74, 6) is 0.868. The Kier molecular flexibility index (Phi) is 4.08. The molecule has 1 aromatic heterocycles. The third-order valence-electron chi connectivity index (χ3n) is 4.38. The Balaban J connectivity index is 1.65. The smallest absolute Gasteiger partial charge is 0.223 e. The van der Waals surface area contributed by atoms with E-state index in [-0.39, 0.29) is 23.9 Å². The minimum absolute atomic E-state index is 0.0982. The lowest BCUT2D eigenvalue weighted by Gasteiger charge is -2.27. The number of nitrogens with one attached hydrogen (secondary N) is 1. The van der Waals surface area contributed by atoms with Crippen molar-refractivity contribution in [2.75, 3.05) is 0 Å². The van der Waals surface area contributed by atoms with E-state index in [1.165, 1.54) is 12.8 Å². The molecule has 110 valence electrons. The Hall–Kier alpha value is -0.940. The second-order valence-corrected chi connectivity index (χ2v) is 7.16. The first kappa shape index (κ1) is 14.0. The number of aryl methyl sites for hydroxylation is 1. The van der Waals surface area contributed by atoms with Gasteiger partial charge in [-0.05, 0) is 44.9 Å². The summed E-state index contributed by atoms with van der Waals surface area (Å²) in [5.41, 5.74) is 7.04. The third-order valence-corrected chi connectivity index (χ3v) is 5.43. The third kappa shape index (κ3) is 3.20. The lowest BCUT2D eigenvalue weighted by Crippen LogP contribution is -2.39. The van der Waals surface area contributed by atoms with Crippen LogP contribution in [0, 0.1) is 18.8 Å². The molecule has 1 aromatic rings. The number of hydrogen-bond donors (Lipinski definition) is 2. The number of aromatic nitrogens is 1. The van der Waals surface area contributed by atoms with Crippen molar-refractivity contribution in [1.82, 2.24) is 10.3 Å². The van der Waals surface area contributed by atoms with E-state index in [0.29, 0.717) is 5.92 Å². The van der Waals surface area contributed by atoms with E-state index in [4.69, 9.17) is 5.73 Å². The van der Waals surface area contributed by atoms with E-state index in [1.54, 1.807) is 11.3 Å². The number of nitrogens with two attached hydrogens (primary N) is 1. The van der Waals surface area contributed by atoms with Crippen LogP contribution in [-0.2, 0) is 4.79 Å². The van der Waals surface area contributed by atoms with Gasteiger partial charge < -0.3 is 11.1 Å². The van der Waals surface area contributed by atoms with Gasteiger partial charge in [-0.1, -0.05) is 6.42 Å². The molecule has 0 radical (unpaired) electrons. The summed E-state index contributed by atoms with van der Waals surface area (Å²) in [6, 6.07) is 0.320. The van der Waals surface area contributed by atoms with Gasteiger partial charge in [0.05, 0.1) is 6.04 Å². The summed E-state index contributed by atoms with van der Waals surface area (Å²) < 4.78 is 0. The highest BCUT2D eigenvalue weighted by Gasteiger charge is 2.37. The van der Waals surface area contributed by atoms with Crippen molar-refractivity contribution in [2.24, 2.45) is 17.6 Å². The molecular weight excluding hydrogens is 270 g/mol. The first-order valence-electron chi connectivity index (χ1n) is 7.61. The van der Waals surface area contributed by atoms with Gasteiger partial charge in [0, 0.05) is 23.0 Å². The number of nitrogens with zero attached hydrogens (tertiary/aromatic N) is 1. The summed E-state index contributed by atoms with van der Waals surface area (Å²) in [7, 11) is 0. The fraction of sp³-hybridized carbons (Fsp3) is 0.733. The van der Waals surface area contributed by atoms with Crippen LogP contribution >= 0.6 is 11.3 Å². The van der Waals surface area contributed by atoms with E-state index < -0.39 is 0 Å². The maximum Gasteiger partial charge on any atom is 0.223 e.